The van der Waals surface area contributed by atoms with E-state index in [9.17, 15) is 0 Å². The molecule has 5 N–H and O–H groups in total. The Morgan fingerprint density at radius 1 is 0.833 bits per heavy atom. The van der Waals surface area contributed by atoms with Crippen LogP contribution in [-0.4, -0.2) is 36.3 Å². The van der Waals surface area contributed by atoms with E-state index in [0.29, 0.717) is 48.1 Å². The van der Waals surface area contributed by atoms with Crippen LogP contribution in [0.4, 0.5) is 5.69 Å². The summed E-state index contributed by atoms with van der Waals surface area (Å²) in [6, 6.07) is 13.6. The third kappa shape index (κ3) is 2.75. The van der Waals surface area contributed by atoms with Gasteiger partial charge in [-0.1, -0.05) is 32.0 Å². The first-order valence-corrected chi connectivity index (χ1v) is 9.65. The second-order valence-corrected chi connectivity index (χ2v) is 8.48. The summed E-state index contributed by atoms with van der Waals surface area (Å²) in [7, 11) is 0. The lowest BCUT2D eigenvalue weighted by molar-refractivity contribution is 0.117. The Morgan fingerprint density at radius 3 is 1.83 bits per heavy atom. The van der Waals surface area contributed by atoms with E-state index in [-0.39, 0.29) is 0 Å². The van der Waals surface area contributed by atoms with Crippen molar-refractivity contribution in [3.63, 3.8) is 0 Å². The smallest absolute Gasteiger partial charge is 0.0462 e. The standard InChI is InChI=1S/C20H32N4/c1-12-8-17-19(10-15(12)21)24(14-6-4-3-5-7-14)20-11-16(22)13(2)9-18(20)23-17/h3-7,12-13,15-20,23H,8-11,21-22H2,1-2H3. The maximum atomic E-state index is 6.46. The molecule has 4 heteroatoms. The highest BCUT2D eigenvalue weighted by molar-refractivity contribution is 5.50. The van der Waals surface area contributed by atoms with Crippen LogP contribution in [0, 0.1) is 11.8 Å². The molecule has 8 unspecified atom stereocenters. The highest BCUT2D eigenvalue weighted by Crippen LogP contribution is 2.40. The minimum atomic E-state index is 0.298. The van der Waals surface area contributed by atoms with Gasteiger partial charge in [-0.2, -0.15) is 0 Å². The fourth-order valence-electron chi connectivity index (χ4n) is 5.29. The number of piperazine rings is 1. The normalized spacial score (nSPS) is 45.4. The lowest BCUT2D eigenvalue weighted by atomic mass is 9.71. The molecular formula is C20H32N4. The topological polar surface area (TPSA) is 67.3 Å². The maximum absolute atomic E-state index is 6.46. The van der Waals surface area contributed by atoms with Gasteiger partial charge in [0.15, 0.2) is 0 Å². The number of hydrogen-bond donors (Lipinski definition) is 3. The van der Waals surface area contributed by atoms with Gasteiger partial charge in [-0.05, 0) is 49.7 Å². The van der Waals surface area contributed by atoms with Gasteiger partial charge in [0.05, 0.1) is 0 Å². The van der Waals surface area contributed by atoms with E-state index in [1.165, 1.54) is 18.5 Å². The van der Waals surface area contributed by atoms with Crippen LogP contribution in [0.5, 0.6) is 0 Å². The summed E-state index contributed by atoms with van der Waals surface area (Å²) >= 11 is 0. The first-order valence-electron chi connectivity index (χ1n) is 9.65. The zero-order valence-electron chi connectivity index (χ0n) is 14.9. The molecule has 1 saturated heterocycles. The Kier molecular flexibility index (Phi) is 4.31. The van der Waals surface area contributed by atoms with Gasteiger partial charge in [0, 0.05) is 41.9 Å². The quantitative estimate of drug-likeness (QED) is 0.738. The molecule has 1 aromatic carbocycles. The molecule has 4 nitrogen and oxygen atoms in total. The van der Waals surface area contributed by atoms with Crippen molar-refractivity contribution in [2.24, 2.45) is 23.3 Å². The van der Waals surface area contributed by atoms with Crippen LogP contribution < -0.4 is 21.7 Å². The summed E-state index contributed by atoms with van der Waals surface area (Å²) in [5, 5.41) is 4.01. The number of nitrogens with two attached hydrogens (primary N) is 2. The third-order valence-corrected chi connectivity index (χ3v) is 6.87. The van der Waals surface area contributed by atoms with Crippen molar-refractivity contribution in [1.82, 2.24) is 5.32 Å². The first-order chi connectivity index (χ1) is 11.5. The summed E-state index contributed by atoms with van der Waals surface area (Å²) in [5.41, 5.74) is 14.3. The number of fused-ring (bicyclic) bond motifs is 2. The first kappa shape index (κ1) is 16.4. The van der Waals surface area contributed by atoms with Gasteiger partial charge in [-0.3, -0.25) is 0 Å². The molecule has 1 aromatic rings. The van der Waals surface area contributed by atoms with Gasteiger partial charge >= 0.3 is 0 Å². The zero-order chi connectivity index (χ0) is 16.8. The number of rotatable bonds is 1. The molecule has 0 aromatic heterocycles. The molecule has 0 radical (unpaired) electrons. The van der Waals surface area contributed by atoms with E-state index in [2.05, 4.69) is 54.4 Å². The summed E-state index contributed by atoms with van der Waals surface area (Å²) in [5.74, 6) is 1.19. The molecule has 0 spiro atoms. The summed E-state index contributed by atoms with van der Waals surface area (Å²) in [4.78, 5) is 2.68. The molecule has 0 amide bonds. The lowest BCUT2D eigenvalue weighted by Gasteiger charge is -2.58. The number of hydrogen-bond acceptors (Lipinski definition) is 4. The molecule has 24 heavy (non-hydrogen) atoms. The molecule has 3 fully saturated rings. The van der Waals surface area contributed by atoms with Gasteiger partial charge in [-0.25, -0.2) is 0 Å². The molecular weight excluding hydrogens is 296 g/mol. The Balaban J connectivity index is 1.70. The van der Waals surface area contributed by atoms with Crippen LogP contribution in [-0.2, 0) is 0 Å². The summed E-state index contributed by atoms with van der Waals surface area (Å²) in [6.07, 6.45) is 4.50. The fourth-order valence-corrected chi connectivity index (χ4v) is 5.29. The van der Waals surface area contributed by atoms with E-state index >= 15 is 0 Å². The Hall–Kier alpha value is -1.10. The number of anilines is 1. The van der Waals surface area contributed by atoms with Crippen molar-refractivity contribution in [3.05, 3.63) is 30.3 Å². The van der Waals surface area contributed by atoms with Gasteiger partial charge < -0.3 is 21.7 Å². The Bertz CT molecular complexity index is 532. The van der Waals surface area contributed by atoms with Gasteiger partial charge in [0.25, 0.3) is 0 Å². The highest BCUT2D eigenvalue weighted by Gasteiger charge is 2.48. The van der Waals surface area contributed by atoms with Crippen molar-refractivity contribution in [1.29, 1.82) is 0 Å². The minimum Gasteiger partial charge on any atom is -0.362 e. The molecule has 1 aliphatic heterocycles. The molecule has 132 valence electrons. The molecule has 1 heterocycles. The van der Waals surface area contributed by atoms with Crippen LogP contribution in [0.2, 0.25) is 0 Å². The summed E-state index contributed by atoms with van der Waals surface area (Å²) in [6.45, 7) is 4.61. The number of nitrogens with zero attached hydrogens (tertiary/aromatic N) is 1. The van der Waals surface area contributed by atoms with Crippen LogP contribution in [0.15, 0.2) is 30.3 Å². The van der Waals surface area contributed by atoms with Crippen molar-refractivity contribution in [2.45, 2.75) is 75.8 Å². The highest BCUT2D eigenvalue weighted by atomic mass is 15.3. The van der Waals surface area contributed by atoms with Crippen molar-refractivity contribution in [3.8, 4) is 0 Å². The molecule has 3 aliphatic rings. The largest absolute Gasteiger partial charge is 0.362 e. The summed E-state index contributed by atoms with van der Waals surface area (Å²) < 4.78 is 0. The Labute approximate surface area is 146 Å². The third-order valence-electron chi connectivity index (χ3n) is 6.87. The van der Waals surface area contributed by atoms with Crippen LogP contribution in [0.25, 0.3) is 0 Å². The van der Waals surface area contributed by atoms with Gasteiger partial charge in [0.1, 0.15) is 0 Å². The van der Waals surface area contributed by atoms with E-state index in [1.807, 2.05) is 0 Å². The van der Waals surface area contributed by atoms with E-state index in [1.54, 1.807) is 0 Å². The average Bonchev–Trinajstić information content (AvgIpc) is 2.57. The molecule has 0 bridgehead atoms. The van der Waals surface area contributed by atoms with Crippen LogP contribution in [0.1, 0.15) is 39.5 Å². The average molecular weight is 329 g/mol. The van der Waals surface area contributed by atoms with Crippen LogP contribution >= 0.6 is 0 Å². The predicted molar refractivity (Wildman–Crippen MR) is 100.0 cm³/mol. The number of nitrogens with one attached hydrogen (secondary N) is 1. The van der Waals surface area contributed by atoms with Gasteiger partial charge in [-0.15, -0.1) is 0 Å². The molecule has 2 aliphatic carbocycles. The second kappa shape index (κ2) is 6.32. The van der Waals surface area contributed by atoms with E-state index in [0.717, 1.165) is 12.8 Å². The SMILES string of the molecule is CC1CC2NC3CC(C)C(N)CC3N(c3ccccc3)C2CC1N. The van der Waals surface area contributed by atoms with Crippen molar-refractivity contribution >= 4 is 5.69 Å². The van der Waals surface area contributed by atoms with E-state index in [4.69, 9.17) is 11.5 Å². The minimum absolute atomic E-state index is 0.298. The van der Waals surface area contributed by atoms with Crippen molar-refractivity contribution < 1.29 is 0 Å². The lowest BCUT2D eigenvalue weighted by Crippen LogP contribution is -2.73. The van der Waals surface area contributed by atoms with Gasteiger partial charge in [0.2, 0.25) is 0 Å². The van der Waals surface area contributed by atoms with Crippen molar-refractivity contribution in [2.75, 3.05) is 4.90 Å². The van der Waals surface area contributed by atoms with Crippen LogP contribution in [0.3, 0.4) is 0 Å². The Morgan fingerprint density at radius 2 is 1.33 bits per heavy atom. The molecule has 8 atom stereocenters. The predicted octanol–water partition coefficient (Wildman–Crippen LogP) is 2.08. The molecule has 2 saturated carbocycles. The molecule has 4 rings (SSSR count). The zero-order valence-corrected chi connectivity index (χ0v) is 14.9. The number of para-hydroxylation sites is 1. The van der Waals surface area contributed by atoms with E-state index < -0.39 is 0 Å². The number of benzene rings is 1. The maximum Gasteiger partial charge on any atom is 0.0462 e. The fraction of sp³-hybridized carbons (Fsp3) is 0.700. The monoisotopic (exact) mass is 328 g/mol. The second-order valence-electron chi connectivity index (χ2n) is 8.48.